The van der Waals surface area contributed by atoms with Gasteiger partial charge in [-0.3, -0.25) is 4.79 Å². The van der Waals surface area contributed by atoms with Crippen LogP contribution in [-0.4, -0.2) is 44.4 Å². The quantitative estimate of drug-likeness (QED) is 0.876. The fourth-order valence-electron chi connectivity index (χ4n) is 0.992. The molecule has 0 aromatic carbocycles. The highest BCUT2D eigenvalue weighted by Gasteiger charge is 2.36. The summed E-state index contributed by atoms with van der Waals surface area (Å²) in [6.07, 6.45) is 2.44. The average Bonchev–Trinajstić information content (AvgIpc) is 2.27. The second-order valence-corrected chi connectivity index (χ2v) is 4.34. The number of halogens is 1. The van der Waals surface area contributed by atoms with Crippen LogP contribution in [0.4, 0.5) is 0 Å². The number of rotatable bonds is 3. The zero-order valence-electron chi connectivity index (χ0n) is 9.64. The molecule has 7 heteroatoms. The maximum atomic E-state index is 11.9. The van der Waals surface area contributed by atoms with Crippen LogP contribution in [0.1, 0.15) is 24.3 Å². The van der Waals surface area contributed by atoms with Crippen LogP contribution in [0.3, 0.4) is 0 Å². The van der Waals surface area contributed by atoms with Gasteiger partial charge in [-0.15, -0.1) is 0 Å². The Balaban J connectivity index is 2.98. The molecule has 1 heterocycles. The standard InChI is InChI=1S/C10H12ClN3O3/c1-10(2,9(16)17)14(3)8(15)6-4-13-7(11)5-12-6/h4-5H,1-3H3,(H,16,17). The number of carboxylic acids is 1. The van der Waals surface area contributed by atoms with Gasteiger partial charge >= 0.3 is 5.97 Å². The summed E-state index contributed by atoms with van der Waals surface area (Å²) >= 11 is 5.54. The summed E-state index contributed by atoms with van der Waals surface area (Å²) in [6, 6.07) is 0. The molecule has 1 aromatic rings. The van der Waals surface area contributed by atoms with E-state index in [1.54, 1.807) is 0 Å². The van der Waals surface area contributed by atoms with Crippen LogP contribution >= 0.6 is 11.6 Å². The van der Waals surface area contributed by atoms with Gasteiger partial charge in [-0.1, -0.05) is 11.6 Å². The minimum absolute atomic E-state index is 0.0474. The van der Waals surface area contributed by atoms with E-state index in [0.29, 0.717) is 0 Å². The molecule has 1 aromatic heterocycles. The smallest absolute Gasteiger partial charge is 0.329 e. The zero-order valence-corrected chi connectivity index (χ0v) is 10.4. The summed E-state index contributed by atoms with van der Waals surface area (Å²) < 4.78 is 0. The summed E-state index contributed by atoms with van der Waals surface area (Å²) in [5.41, 5.74) is -1.27. The number of likely N-dealkylation sites (N-methyl/N-ethyl adjacent to an activating group) is 1. The first-order valence-corrected chi connectivity index (χ1v) is 5.13. The first-order chi connectivity index (χ1) is 7.76. The number of carbonyl (C=O) groups excluding carboxylic acids is 1. The van der Waals surface area contributed by atoms with Crippen molar-refractivity contribution in [2.45, 2.75) is 19.4 Å². The minimum Gasteiger partial charge on any atom is -0.480 e. The van der Waals surface area contributed by atoms with Gasteiger partial charge in [0, 0.05) is 7.05 Å². The maximum Gasteiger partial charge on any atom is 0.329 e. The molecule has 1 amide bonds. The van der Waals surface area contributed by atoms with Crippen molar-refractivity contribution in [2.75, 3.05) is 7.05 Å². The number of amides is 1. The third-order valence-electron chi connectivity index (χ3n) is 2.51. The third-order valence-corrected chi connectivity index (χ3v) is 2.70. The van der Waals surface area contributed by atoms with Gasteiger partial charge in [0.25, 0.3) is 5.91 Å². The first kappa shape index (κ1) is 13.4. The largest absolute Gasteiger partial charge is 0.480 e. The Morgan fingerprint density at radius 3 is 2.35 bits per heavy atom. The van der Waals surface area contributed by atoms with Crippen molar-refractivity contribution in [3.63, 3.8) is 0 Å². The molecule has 92 valence electrons. The summed E-state index contributed by atoms with van der Waals surface area (Å²) in [7, 11) is 1.40. The summed E-state index contributed by atoms with van der Waals surface area (Å²) in [6.45, 7) is 2.85. The molecule has 0 atom stereocenters. The Morgan fingerprint density at radius 2 is 1.94 bits per heavy atom. The lowest BCUT2D eigenvalue weighted by Gasteiger charge is -2.31. The van der Waals surface area contributed by atoms with E-state index in [2.05, 4.69) is 9.97 Å². The molecule has 0 saturated heterocycles. The molecular formula is C10H12ClN3O3. The Morgan fingerprint density at radius 1 is 1.35 bits per heavy atom. The van der Waals surface area contributed by atoms with Crippen molar-refractivity contribution in [1.29, 1.82) is 0 Å². The molecule has 0 aliphatic carbocycles. The topological polar surface area (TPSA) is 83.4 Å². The lowest BCUT2D eigenvalue weighted by atomic mass is 10.0. The van der Waals surface area contributed by atoms with E-state index in [1.807, 2.05) is 0 Å². The van der Waals surface area contributed by atoms with Crippen LogP contribution in [-0.2, 0) is 4.79 Å². The summed E-state index contributed by atoms with van der Waals surface area (Å²) in [5, 5.41) is 9.17. The number of carboxylic acid groups (broad SMARTS) is 1. The highest BCUT2D eigenvalue weighted by molar-refractivity contribution is 6.29. The third kappa shape index (κ3) is 2.71. The summed E-state index contributed by atoms with van der Waals surface area (Å²) in [4.78, 5) is 31.5. The molecule has 17 heavy (non-hydrogen) atoms. The van der Waals surface area contributed by atoms with Crippen molar-refractivity contribution in [2.24, 2.45) is 0 Å². The predicted octanol–water partition coefficient (Wildman–Crippen LogP) is 1.07. The molecule has 0 aliphatic rings. The van der Waals surface area contributed by atoms with Gasteiger partial charge < -0.3 is 10.0 Å². The van der Waals surface area contributed by atoms with Crippen LogP contribution in [0.25, 0.3) is 0 Å². The molecule has 1 N–H and O–H groups in total. The fourth-order valence-corrected chi connectivity index (χ4v) is 1.09. The SMILES string of the molecule is CN(C(=O)c1cnc(Cl)cn1)C(C)(C)C(=O)O. The number of aliphatic carboxylic acids is 1. The molecule has 0 spiro atoms. The van der Waals surface area contributed by atoms with Crippen molar-refractivity contribution in [3.05, 3.63) is 23.2 Å². The number of hydrogen-bond acceptors (Lipinski definition) is 4. The Kier molecular flexibility index (Phi) is 3.67. The van der Waals surface area contributed by atoms with Crippen molar-refractivity contribution < 1.29 is 14.7 Å². The maximum absolute atomic E-state index is 11.9. The fraction of sp³-hybridized carbons (Fsp3) is 0.400. The van der Waals surface area contributed by atoms with Gasteiger partial charge in [0.05, 0.1) is 12.4 Å². The highest BCUT2D eigenvalue weighted by Crippen LogP contribution is 2.15. The molecule has 0 radical (unpaired) electrons. The Labute approximate surface area is 103 Å². The van der Waals surface area contributed by atoms with E-state index < -0.39 is 17.4 Å². The van der Waals surface area contributed by atoms with Crippen LogP contribution in [0.15, 0.2) is 12.4 Å². The van der Waals surface area contributed by atoms with E-state index in [1.165, 1.54) is 33.3 Å². The van der Waals surface area contributed by atoms with Crippen molar-refractivity contribution in [3.8, 4) is 0 Å². The van der Waals surface area contributed by atoms with E-state index in [0.717, 1.165) is 4.90 Å². The molecule has 6 nitrogen and oxygen atoms in total. The van der Waals surface area contributed by atoms with E-state index in [9.17, 15) is 9.59 Å². The van der Waals surface area contributed by atoms with Crippen LogP contribution in [0.5, 0.6) is 0 Å². The van der Waals surface area contributed by atoms with Gasteiger partial charge in [0.1, 0.15) is 16.4 Å². The van der Waals surface area contributed by atoms with Crippen molar-refractivity contribution >= 4 is 23.5 Å². The lowest BCUT2D eigenvalue weighted by molar-refractivity contribution is -0.147. The molecule has 0 saturated carbocycles. The van der Waals surface area contributed by atoms with Gasteiger partial charge in [-0.2, -0.15) is 0 Å². The normalized spacial score (nSPS) is 11.1. The van der Waals surface area contributed by atoms with Crippen molar-refractivity contribution in [1.82, 2.24) is 14.9 Å². The minimum atomic E-state index is -1.32. The van der Waals surface area contributed by atoms with E-state index in [-0.39, 0.29) is 10.8 Å². The monoisotopic (exact) mass is 257 g/mol. The second-order valence-electron chi connectivity index (χ2n) is 3.95. The van der Waals surface area contributed by atoms with E-state index >= 15 is 0 Å². The Hall–Kier alpha value is -1.69. The van der Waals surface area contributed by atoms with E-state index in [4.69, 9.17) is 16.7 Å². The first-order valence-electron chi connectivity index (χ1n) is 4.76. The van der Waals surface area contributed by atoms with Gasteiger partial charge in [-0.25, -0.2) is 14.8 Å². The highest BCUT2D eigenvalue weighted by atomic mass is 35.5. The molecule has 0 unspecified atom stereocenters. The number of aromatic nitrogens is 2. The molecule has 0 bridgehead atoms. The molecule has 1 rings (SSSR count). The average molecular weight is 258 g/mol. The number of hydrogen-bond donors (Lipinski definition) is 1. The van der Waals surface area contributed by atoms with Gasteiger partial charge in [-0.05, 0) is 13.8 Å². The van der Waals surface area contributed by atoms with Crippen LogP contribution < -0.4 is 0 Å². The summed E-state index contributed by atoms with van der Waals surface area (Å²) in [5.74, 6) is -1.63. The number of nitrogens with zero attached hydrogens (tertiary/aromatic N) is 3. The zero-order chi connectivity index (χ0) is 13.2. The molecular weight excluding hydrogens is 246 g/mol. The van der Waals surface area contributed by atoms with Crippen LogP contribution in [0, 0.1) is 0 Å². The Bertz CT molecular complexity index is 445. The molecule has 0 fully saturated rings. The van der Waals surface area contributed by atoms with Gasteiger partial charge in [0.2, 0.25) is 0 Å². The second kappa shape index (κ2) is 4.67. The van der Waals surface area contributed by atoms with Gasteiger partial charge in [0.15, 0.2) is 0 Å². The lowest BCUT2D eigenvalue weighted by Crippen LogP contribution is -2.51. The number of carbonyl (C=O) groups is 2. The molecule has 0 aliphatic heterocycles. The predicted molar refractivity (Wildman–Crippen MR) is 60.9 cm³/mol. The van der Waals surface area contributed by atoms with Crippen LogP contribution in [0.2, 0.25) is 5.15 Å².